The van der Waals surface area contributed by atoms with Crippen molar-refractivity contribution in [3.05, 3.63) is 94.0 Å². The normalized spacial score (nSPS) is 13.6. The Labute approximate surface area is 230 Å². The van der Waals surface area contributed by atoms with E-state index in [4.69, 9.17) is 4.74 Å². The van der Waals surface area contributed by atoms with E-state index in [9.17, 15) is 14.4 Å². The van der Waals surface area contributed by atoms with Crippen molar-refractivity contribution in [3.63, 3.8) is 0 Å². The van der Waals surface area contributed by atoms with Crippen molar-refractivity contribution in [2.45, 2.75) is 44.8 Å². The first-order valence-electron chi connectivity index (χ1n) is 12.5. The first kappa shape index (κ1) is 27.1. The highest BCUT2D eigenvalue weighted by Gasteiger charge is 2.21. The lowest BCUT2D eigenvalue weighted by Crippen LogP contribution is -2.37. The lowest BCUT2D eigenvalue weighted by atomic mass is 9.95. The molecule has 1 fully saturated rings. The van der Waals surface area contributed by atoms with Gasteiger partial charge in [-0.2, -0.15) is 5.10 Å². The predicted octanol–water partition coefficient (Wildman–Crippen LogP) is 5.18. The second-order valence-corrected chi connectivity index (χ2v) is 9.88. The number of para-hydroxylation sites is 1. The highest BCUT2D eigenvalue weighted by atomic mass is 79.9. The monoisotopic (exact) mass is 576 g/mol. The van der Waals surface area contributed by atoms with E-state index in [2.05, 4.69) is 37.1 Å². The fraction of sp³-hybridized carbons (Fsp3) is 0.241. The Morgan fingerprint density at radius 3 is 2.45 bits per heavy atom. The van der Waals surface area contributed by atoms with Crippen LogP contribution in [0.25, 0.3) is 0 Å². The van der Waals surface area contributed by atoms with Crippen molar-refractivity contribution >= 4 is 45.6 Å². The minimum absolute atomic E-state index is 0.122. The molecule has 0 saturated heterocycles. The third-order valence-electron chi connectivity index (χ3n) is 6.15. The van der Waals surface area contributed by atoms with Gasteiger partial charge in [0.15, 0.2) is 0 Å². The average molecular weight is 577 g/mol. The SMILES string of the molecule is O=C(N/N=C\c1cc(Br)ccc1OCc1ccccc1)C(=O)Nc1ccccc1C(=O)NC1CCCCC1. The summed E-state index contributed by atoms with van der Waals surface area (Å²) in [6.07, 6.45) is 6.65. The summed E-state index contributed by atoms with van der Waals surface area (Å²) in [7, 11) is 0. The molecule has 3 amide bonds. The zero-order valence-corrected chi connectivity index (χ0v) is 22.4. The van der Waals surface area contributed by atoms with Crippen molar-refractivity contribution in [3.8, 4) is 5.75 Å². The molecule has 8 nitrogen and oxygen atoms in total. The maximum atomic E-state index is 12.8. The molecule has 1 saturated carbocycles. The van der Waals surface area contributed by atoms with Crippen LogP contribution in [-0.4, -0.2) is 30.0 Å². The number of hydrogen-bond donors (Lipinski definition) is 3. The van der Waals surface area contributed by atoms with E-state index in [1.165, 1.54) is 12.6 Å². The van der Waals surface area contributed by atoms with Gasteiger partial charge >= 0.3 is 11.8 Å². The van der Waals surface area contributed by atoms with Crippen LogP contribution in [0.5, 0.6) is 5.75 Å². The van der Waals surface area contributed by atoms with Gasteiger partial charge < -0.3 is 15.4 Å². The summed E-state index contributed by atoms with van der Waals surface area (Å²) in [5.74, 6) is -1.61. The number of hydrogen-bond acceptors (Lipinski definition) is 5. The molecule has 3 aromatic carbocycles. The molecule has 0 unspecified atom stereocenters. The van der Waals surface area contributed by atoms with Crippen LogP contribution in [0.15, 0.2) is 82.4 Å². The van der Waals surface area contributed by atoms with Crippen molar-refractivity contribution in [1.82, 2.24) is 10.7 Å². The van der Waals surface area contributed by atoms with Crippen LogP contribution in [0.2, 0.25) is 0 Å². The maximum absolute atomic E-state index is 12.8. The number of amides is 3. The summed E-state index contributed by atoms with van der Waals surface area (Å²) in [4.78, 5) is 37.8. The Bertz CT molecular complexity index is 1310. The molecule has 0 radical (unpaired) electrons. The summed E-state index contributed by atoms with van der Waals surface area (Å²) >= 11 is 3.42. The van der Waals surface area contributed by atoms with E-state index >= 15 is 0 Å². The Morgan fingerprint density at radius 2 is 1.66 bits per heavy atom. The van der Waals surface area contributed by atoms with Crippen LogP contribution >= 0.6 is 15.9 Å². The Kier molecular flexibility index (Phi) is 9.64. The molecule has 0 aromatic heterocycles. The molecule has 1 aliphatic carbocycles. The van der Waals surface area contributed by atoms with Crippen molar-refractivity contribution in [2.75, 3.05) is 5.32 Å². The molecule has 0 spiro atoms. The van der Waals surface area contributed by atoms with Gasteiger partial charge in [0.2, 0.25) is 0 Å². The molecular formula is C29H29BrN4O4. The largest absolute Gasteiger partial charge is 0.488 e. The number of rotatable bonds is 8. The topological polar surface area (TPSA) is 109 Å². The number of halogens is 1. The zero-order valence-electron chi connectivity index (χ0n) is 20.8. The molecular weight excluding hydrogens is 548 g/mol. The highest BCUT2D eigenvalue weighted by molar-refractivity contribution is 9.10. The van der Waals surface area contributed by atoms with Crippen LogP contribution in [0, 0.1) is 0 Å². The van der Waals surface area contributed by atoms with Crippen molar-refractivity contribution in [2.24, 2.45) is 5.10 Å². The second kappa shape index (κ2) is 13.5. The Hall–Kier alpha value is -3.98. The summed E-state index contributed by atoms with van der Waals surface area (Å²) in [6, 6.07) is 21.9. The van der Waals surface area contributed by atoms with Gasteiger partial charge in [-0.15, -0.1) is 0 Å². The highest BCUT2D eigenvalue weighted by Crippen LogP contribution is 2.23. The number of nitrogens with zero attached hydrogens (tertiary/aromatic N) is 1. The molecule has 9 heteroatoms. The van der Waals surface area contributed by atoms with E-state index in [1.54, 1.807) is 36.4 Å². The first-order chi connectivity index (χ1) is 18.5. The van der Waals surface area contributed by atoms with Gasteiger partial charge in [0, 0.05) is 16.1 Å². The molecule has 0 bridgehead atoms. The smallest absolute Gasteiger partial charge is 0.329 e. The molecule has 0 heterocycles. The van der Waals surface area contributed by atoms with Gasteiger partial charge in [-0.25, -0.2) is 5.43 Å². The van der Waals surface area contributed by atoms with Gasteiger partial charge in [0.1, 0.15) is 12.4 Å². The van der Waals surface area contributed by atoms with Gasteiger partial charge in [0.25, 0.3) is 5.91 Å². The van der Waals surface area contributed by atoms with Crippen molar-refractivity contribution in [1.29, 1.82) is 0 Å². The van der Waals surface area contributed by atoms with E-state index in [1.807, 2.05) is 36.4 Å². The fourth-order valence-electron chi connectivity index (χ4n) is 4.18. The summed E-state index contributed by atoms with van der Waals surface area (Å²) in [6.45, 7) is 0.367. The van der Waals surface area contributed by atoms with Gasteiger partial charge in [0.05, 0.1) is 17.5 Å². The standard InChI is InChI=1S/C29H29BrN4O4/c30-22-15-16-26(38-19-20-9-3-1-4-10-20)21(17-22)18-31-34-29(37)28(36)33-25-14-8-7-13-24(25)27(35)32-23-11-5-2-6-12-23/h1,3-4,7-10,13-18,23H,2,5-6,11-12,19H2,(H,32,35)(H,33,36)(H,34,37)/b31-18-. The van der Waals surface area contributed by atoms with Gasteiger partial charge in [-0.3, -0.25) is 14.4 Å². The lowest BCUT2D eigenvalue weighted by Gasteiger charge is -2.23. The number of hydrazone groups is 1. The van der Waals surface area contributed by atoms with Crippen molar-refractivity contribution < 1.29 is 19.1 Å². The molecule has 4 rings (SSSR count). The lowest BCUT2D eigenvalue weighted by molar-refractivity contribution is -0.136. The number of nitrogens with one attached hydrogen (secondary N) is 3. The van der Waals surface area contributed by atoms with Crippen LogP contribution < -0.4 is 20.8 Å². The van der Waals surface area contributed by atoms with E-state index < -0.39 is 11.8 Å². The average Bonchev–Trinajstić information content (AvgIpc) is 2.94. The number of benzene rings is 3. The summed E-state index contributed by atoms with van der Waals surface area (Å²) in [5, 5.41) is 9.48. The van der Waals surface area contributed by atoms with Crippen LogP contribution in [0.4, 0.5) is 5.69 Å². The first-order valence-corrected chi connectivity index (χ1v) is 13.3. The van der Waals surface area contributed by atoms with E-state index in [0.29, 0.717) is 23.5 Å². The van der Waals surface area contributed by atoms with E-state index in [0.717, 1.165) is 35.7 Å². The number of ether oxygens (including phenoxy) is 1. The maximum Gasteiger partial charge on any atom is 0.329 e. The van der Waals surface area contributed by atoms with Crippen LogP contribution in [-0.2, 0) is 16.2 Å². The fourth-order valence-corrected chi connectivity index (χ4v) is 4.56. The number of anilines is 1. The minimum Gasteiger partial charge on any atom is -0.488 e. The van der Waals surface area contributed by atoms with Gasteiger partial charge in [-0.1, -0.05) is 77.7 Å². The van der Waals surface area contributed by atoms with E-state index in [-0.39, 0.29) is 17.6 Å². The summed E-state index contributed by atoms with van der Waals surface area (Å²) in [5.41, 5.74) is 4.42. The third-order valence-corrected chi connectivity index (χ3v) is 6.64. The molecule has 38 heavy (non-hydrogen) atoms. The molecule has 3 aromatic rings. The number of carbonyl (C=O) groups excluding carboxylic acids is 3. The molecule has 196 valence electrons. The zero-order chi connectivity index (χ0) is 26.7. The number of carbonyl (C=O) groups is 3. The molecule has 0 atom stereocenters. The molecule has 1 aliphatic rings. The van der Waals surface area contributed by atoms with Crippen LogP contribution in [0.1, 0.15) is 53.6 Å². The molecule has 0 aliphatic heterocycles. The van der Waals surface area contributed by atoms with Crippen LogP contribution in [0.3, 0.4) is 0 Å². The third kappa shape index (κ3) is 7.76. The summed E-state index contributed by atoms with van der Waals surface area (Å²) < 4.78 is 6.71. The van der Waals surface area contributed by atoms with Gasteiger partial charge in [-0.05, 0) is 48.7 Å². The second-order valence-electron chi connectivity index (χ2n) is 8.96. The predicted molar refractivity (Wildman–Crippen MR) is 150 cm³/mol. The molecule has 3 N–H and O–H groups in total. The minimum atomic E-state index is -0.967. The quantitative estimate of drug-likeness (QED) is 0.195. The Morgan fingerprint density at radius 1 is 0.921 bits per heavy atom. The Balaban J connectivity index is 1.35.